The summed E-state index contributed by atoms with van der Waals surface area (Å²) in [4.78, 5) is 11.6. The zero-order chi connectivity index (χ0) is 11.0. The molecule has 0 bridgehead atoms. The SMILES string of the molecule is CCC(CC)C(=O)NC(C)CCCCl. The molecule has 0 fully saturated rings. The Morgan fingerprint density at radius 3 is 2.36 bits per heavy atom. The van der Waals surface area contributed by atoms with E-state index in [2.05, 4.69) is 19.2 Å². The molecule has 0 saturated carbocycles. The Balaban J connectivity index is 3.79. The molecule has 14 heavy (non-hydrogen) atoms. The summed E-state index contributed by atoms with van der Waals surface area (Å²) in [6.45, 7) is 6.14. The van der Waals surface area contributed by atoms with E-state index in [-0.39, 0.29) is 17.9 Å². The van der Waals surface area contributed by atoms with Crippen LogP contribution < -0.4 is 5.32 Å². The van der Waals surface area contributed by atoms with E-state index in [1.807, 2.05) is 6.92 Å². The maximum atomic E-state index is 11.6. The molecule has 0 aliphatic carbocycles. The van der Waals surface area contributed by atoms with E-state index in [0.29, 0.717) is 5.88 Å². The van der Waals surface area contributed by atoms with Gasteiger partial charge in [-0.15, -0.1) is 11.6 Å². The van der Waals surface area contributed by atoms with Gasteiger partial charge in [0, 0.05) is 17.8 Å². The number of hydrogen-bond donors (Lipinski definition) is 1. The first-order valence-corrected chi connectivity index (χ1v) is 6.05. The molecule has 2 nitrogen and oxygen atoms in total. The summed E-state index contributed by atoms with van der Waals surface area (Å²) in [5, 5.41) is 3.02. The van der Waals surface area contributed by atoms with Crippen molar-refractivity contribution in [2.24, 2.45) is 5.92 Å². The van der Waals surface area contributed by atoms with Crippen LogP contribution in [-0.2, 0) is 4.79 Å². The van der Waals surface area contributed by atoms with E-state index in [4.69, 9.17) is 11.6 Å². The van der Waals surface area contributed by atoms with E-state index in [1.165, 1.54) is 0 Å². The molecular weight excluding hydrogens is 198 g/mol. The highest BCUT2D eigenvalue weighted by atomic mass is 35.5. The van der Waals surface area contributed by atoms with Gasteiger partial charge in [0.1, 0.15) is 0 Å². The molecule has 3 heteroatoms. The zero-order valence-electron chi connectivity index (χ0n) is 9.48. The molecule has 1 unspecified atom stereocenters. The third-order valence-electron chi connectivity index (χ3n) is 2.52. The van der Waals surface area contributed by atoms with Gasteiger partial charge in [0.2, 0.25) is 5.91 Å². The van der Waals surface area contributed by atoms with Crippen molar-refractivity contribution in [2.45, 2.75) is 52.5 Å². The molecule has 0 heterocycles. The summed E-state index contributed by atoms with van der Waals surface area (Å²) in [5.41, 5.74) is 0. The van der Waals surface area contributed by atoms with Gasteiger partial charge in [0.15, 0.2) is 0 Å². The van der Waals surface area contributed by atoms with Gasteiger partial charge in [-0.05, 0) is 32.6 Å². The van der Waals surface area contributed by atoms with Crippen LogP contribution in [0.4, 0.5) is 0 Å². The number of nitrogens with one attached hydrogen (secondary N) is 1. The zero-order valence-corrected chi connectivity index (χ0v) is 10.2. The third-order valence-corrected chi connectivity index (χ3v) is 2.78. The fourth-order valence-electron chi connectivity index (χ4n) is 1.48. The maximum absolute atomic E-state index is 11.6. The Hall–Kier alpha value is -0.240. The molecule has 0 aromatic rings. The Bertz CT molecular complexity index is 157. The van der Waals surface area contributed by atoms with Crippen LogP contribution in [0.5, 0.6) is 0 Å². The van der Waals surface area contributed by atoms with Gasteiger partial charge in [-0.25, -0.2) is 0 Å². The van der Waals surface area contributed by atoms with Crippen LogP contribution >= 0.6 is 11.6 Å². The van der Waals surface area contributed by atoms with Crippen LogP contribution in [0.15, 0.2) is 0 Å². The second-order valence-corrected chi connectivity index (χ2v) is 4.13. The first kappa shape index (κ1) is 13.8. The Labute approximate surface area is 92.4 Å². The predicted octanol–water partition coefficient (Wildman–Crippen LogP) is 2.95. The molecule has 1 amide bonds. The molecule has 84 valence electrons. The van der Waals surface area contributed by atoms with E-state index < -0.39 is 0 Å². The second kappa shape index (κ2) is 8.10. The fraction of sp³-hybridized carbons (Fsp3) is 0.909. The van der Waals surface area contributed by atoms with Crippen molar-refractivity contribution in [3.8, 4) is 0 Å². The van der Waals surface area contributed by atoms with Gasteiger partial charge in [0.05, 0.1) is 0 Å². The molecule has 0 aromatic carbocycles. The standard InChI is InChI=1S/C11H22ClNO/c1-4-10(5-2)11(14)13-9(3)7-6-8-12/h9-10H,4-8H2,1-3H3,(H,13,14). The van der Waals surface area contributed by atoms with Gasteiger partial charge in [-0.2, -0.15) is 0 Å². The molecule has 1 atom stereocenters. The molecule has 0 aromatic heterocycles. The number of rotatable bonds is 7. The van der Waals surface area contributed by atoms with E-state index in [1.54, 1.807) is 0 Å². The van der Waals surface area contributed by atoms with Crippen molar-refractivity contribution < 1.29 is 4.79 Å². The molecule has 0 aliphatic heterocycles. The highest BCUT2D eigenvalue weighted by molar-refractivity contribution is 6.17. The summed E-state index contributed by atoms with van der Waals surface area (Å²) in [5.74, 6) is 1.04. The number of hydrogen-bond acceptors (Lipinski definition) is 1. The Kier molecular flexibility index (Phi) is 7.96. The van der Waals surface area contributed by atoms with Gasteiger partial charge >= 0.3 is 0 Å². The second-order valence-electron chi connectivity index (χ2n) is 3.75. The molecular formula is C11H22ClNO. The third kappa shape index (κ3) is 5.48. The average Bonchev–Trinajstić information content (AvgIpc) is 2.16. The van der Waals surface area contributed by atoms with Crippen molar-refractivity contribution in [1.29, 1.82) is 0 Å². The summed E-state index contributed by atoms with van der Waals surface area (Å²) >= 11 is 5.59. The van der Waals surface area contributed by atoms with Crippen molar-refractivity contribution in [3.05, 3.63) is 0 Å². The largest absolute Gasteiger partial charge is 0.353 e. The first-order valence-electron chi connectivity index (χ1n) is 5.52. The number of amides is 1. The minimum Gasteiger partial charge on any atom is -0.353 e. The number of halogens is 1. The molecule has 0 saturated heterocycles. The minimum atomic E-state index is 0.174. The smallest absolute Gasteiger partial charge is 0.223 e. The average molecular weight is 220 g/mol. The predicted molar refractivity (Wildman–Crippen MR) is 61.6 cm³/mol. The maximum Gasteiger partial charge on any atom is 0.223 e. The monoisotopic (exact) mass is 219 g/mol. The number of carbonyl (C=O) groups is 1. The van der Waals surface area contributed by atoms with Crippen molar-refractivity contribution >= 4 is 17.5 Å². The van der Waals surface area contributed by atoms with Gasteiger partial charge < -0.3 is 5.32 Å². The van der Waals surface area contributed by atoms with Crippen molar-refractivity contribution in [1.82, 2.24) is 5.32 Å². The summed E-state index contributed by atoms with van der Waals surface area (Å²) in [6.07, 6.45) is 3.77. The summed E-state index contributed by atoms with van der Waals surface area (Å²) in [7, 11) is 0. The van der Waals surface area contributed by atoms with Crippen LogP contribution in [0.1, 0.15) is 46.5 Å². The van der Waals surface area contributed by atoms with Gasteiger partial charge in [-0.1, -0.05) is 13.8 Å². The lowest BCUT2D eigenvalue weighted by Gasteiger charge is -2.17. The van der Waals surface area contributed by atoms with Crippen molar-refractivity contribution in [3.63, 3.8) is 0 Å². The molecule has 0 aliphatic rings. The van der Waals surface area contributed by atoms with Crippen molar-refractivity contribution in [2.75, 3.05) is 5.88 Å². The topological polar surface area (TPSA) is 29.1 Å². The number of alkyl halides is 1. The van der Waals surface area contributed by atoms with E-state index in [0.717, 1.165) is 25.7 Å². The Morgan fingerprint density at radius 1 is 1.36 bits per heavy atom. The number of carbonyl (C=O) groups excluding carboxylic acids is 1. The van der Waals surface area contributed by atoms with Crippen LogP contribution in [0.3, 0.4) is 0 Å². The minimum absolute atomic E-state index is 0.174. The van der Waals surface area contributed by atoms with Gasteiger partial charge in [0.25, 0.3) is 0 Å². The summed E-state index contributed by atoms with van der Waals surface area (Å²) < 4.78 is 0. The quantitative estimate of drug-likeness (QED) is 0.656. The van der Waals surface area contributed by atoms with Crippen LogP contribution in [0.2, 0.25) is 0 Å². The lowest BCUT2D eigenvalue weighted by atomic mass is 10.0. The van der Waals surface area contributed by atoms with Gasteiger partial charge in [-0.3, -0.25) is 4.79 Å². The highest BCUT2D eigenvalue weighted by Gasteiger charge is 2.15. The fourth-order valence-corrected chi connectivity index (χ4v) is 1.63. The normalized spacial score (nSPS) is 12.9. The molecule has 0 spiro atoms. The summed E-state index contributed by atoms with van der Waals surface area (Å²) in [6, 6.07) is 0.252. The first-order chi connectivity index (χ1) is 6.65. The molecule has 0 rings (SSSR count). The van der Waals surface area contributed by atoms with Crippen LogP contribution in [0.25, 0.3) is 0 Å². The lowest BCUT2D eigenvalue weighted by Crippen LogP contribution is -2.36. The highest BCUT2D eigenvalue weighted by Crippen LogP contribution is 2.08. The van der Waals surface area contributed by atoms with Crippen LogP contribution in [-0.4, -0.2) is 17.8 Å². The molecule has 1 N–H and O–H groups in total. The Morgan fingerprint density at radius 2 is 1.93 bits per heavy atom. The van der Waals surface area contributed by atoms with E-state index in [9.17, 15) is 4.79 Å². The van der Waals surface area contributed by atoms with E-state index >= 15 is 0 Å². The lowest BCUT2D eigenvalue weighted by molar-refractivity contribution is -0.125. The van der Waals surface area contributed by atoms with Crippen LogP contribution in [0, 0.1) is 5.92 Å². The molecule has 0 radical (unpaired) electrons.